The third-order valence-electron chi connectivity index (χ3n) is 3.71. The molecule has 3 heteroatoms. The lowest BCUT2D eigenvalue weighted by Gasteiger charge is -2.16. The lowest BCUT2D eigenvalue weighted by Crippen LogP contribution is -2.24. The highest BCUT2D eigenvalue weighted by Crippen LogP contribution is 2.27. The second-order valence-corrected chi connectivity index (χ2v) is 5.01. The summed E-state index contributed by atoms with van der Waals surface area (Å²) in [5.74, 6) is 1.54. The second kappa shape index (κ2) is 4.48. The maximum absolute atomic E-state index is 11.8. The molecule has 0 saturated carbocycles. The van der Waals surface area contributed by atoms with Crippen LogP contribution in [-0.4, -0.2) is 24.0 Å². The summed E-state index contributed by atoms with van der Waals surface area (Å²) in [5.41, 5.74) is 2.46. The van der Waals surface area contributed by atoms with Crippen molar-refractivity contribution in [3.05, 3.63) is 42.0 Å². The molecule has 1 unspecified atom stereocenters. The summed E-state index contributed by atoms with van der Waals surface area (Å²) >= 11 is 0. The first-order valence-corrected chi connectivity index (χ1v) is 6.41. The van der Waals surface area contributed by atoms with Gasteiger partial charge in [-0.15, -0.1) is 6.58 Å². The van der Waals surface area contributed by atoms with E-state index in [1.165, 1.54) is 11.1 Å². The molecule has 94 valence electrons. The molecule has 1 amide bonds. The number of nitrogens with zero attached hydrogens (tertiary/aromatic N) is 1. The van der Waals surface area contributed by atoms with Crippen molar-refractivity contribution in [3.63, 3.8) is 0 Å². The fourth-order valence-corrected chi connectivity index (χ4v) is 2.67. The van der Waals surface area contributed by atoms with Gasteiger partial charge in [0.25, 0.3) is 0 Å². The average molecular weight is 243 g/mol. The van der Waals surface area contributed by atoms with Crippen LogP contribution in [0.25, 0.3) is 0 Å². The molecule has 3 nitrogen and oxygen atoms in total. The highest BCUT2D eigenvalue weighted by atomic mass is 16.5. The highest BCUT2D eigenvalue weighted by Gasteiger charge is 2.27. The Morgan fingerprint density at radius 2 is 2.39 bits per heavy atom. The van der Waals surface area contributed by atoms with E-state index in [9.17, 15) is 4.79 Å². The first-order chi connectivity index (χ1) is 8.76. The van der Waals surface area contributed by atoms with Crippen molar-refractivity contribution in [2.24, 2.45) is 5.92 Å². The van der Waals surface area contributed by atoms with Crippen molar-refractivity contribution in [2.75, 3.05) is 13.2 Å². The molecule has 2 aliphatic heterocycles. The molecule has 18 heavy (non-hydrogen) atoms. The zero-order valence-electron chi connectivity index (χ0n) is 10.4. The molecule has 1 aromatic carbocycles. The summed E-state index contributed by atoms with van der Waals surface area (Å²) in [6, 6.07) is 6.23. The van der Waals surface area contributed by atoms with E-state index in [0.29, 0.717) is 18.9 Å². The van der Waals surface area contributed by atoms with Crippen molar-refractivity contribution < 1.29 is 9.53 Å². The molecule has 0 aromatic heterocycles. The molecule has 1 fully saturated rings. The number of ether oxygens (including phenoxy) is 1. The lowest BCUT2D eigenvalue weighted by molar-refractivity contribution is -0.128. The van der Waals surface area contributed by atoms with Gasteiger partial charge in [0.05, 0.1) is 6.61 Å². The molecule has 1 atom stereocenters. The number of hydrogen-bond acceptors (Lipinski definition) is 2. The minimum atomic E-state index is 0.233. The normalized spacial score (nSPS) is 21.9. The quantitative estimate of drug-likeness (QED) is 0.761. The summed E-state index contributed by atoms with van der Waals surface area (Å²) in [4.78, 5) is 13.8. The highest BCUT2D eigenvalue weighted by molar-refractivity contribution is 5.79. The Bertz CT molecular complexity index is 495. The van der Waals surface area contributed by atoms with Gasteiger partial charge in [-0.05, 0) is 17.2 Å². The molecule has 3 rings (SSSR count). The first kappa shape index (κ1) is 11.3. The third-order valence-corrected chi connectivity index (χ3v) is 3.71. The molecular formula is C15H17NO2. The summed E-state index contributed by atoms with van der Waals surface area (Å²) in [7, 11) is 0. The van der Waals surface area contributed by atoms with E-state index < -0.39 is 0 Å². The van der Waals surface area contributed by atoms with Gasteiger partial charge in [-0.25, -0.2) is 0 Å². The largest absolute Gasteiger partial charge is 0.493 e. The van der Waals surface area contributed by atoms with Crippen LogP contribution in [0.1, 0.15) is 17.5 Å². The summed E-state index contributed by atoms with van der Waals surface area (Å²) in [5, 5.41) is 0. The molecule has 0 bridgehead atoms. The summed E-state index contributed by atoms with van der Waals surface area (Å²) in [6.07, 6.45) is 3.47. The van der Waals surface area contributed by atoms with Crippen molar-refractivity contribution in [2.45, 2.75) is 19.4 Å². The number of amides is 1. The zero-order valence-corrected chi connectivity index (χ0v) is 10.4. The monoisotopic (exact) mass is 243 g/mol. The molecule has 0 spiro atoms. The molecule has 0 radical (unpaired) electrons. The minimum absolute atomic E-state index is 0.233. The van der Waals surface area contributed by atoms with Crippen LogP contribution in [0.15, 0.2) is 30.9 Å². The first-order valence-electron chi connectivity index (χ1n) is 6.41. The standard InChI is InChI=1S/C15H17NO2/c1-2-11-8-15(17)16(9-11)10-12-3-4-14-13(7-12)5-6-18-14/h2-4,7,11H,1,5-6,8-10H2. The van der Waals surface area contributed by atoms with Crippen LogP contribution < -0.4 is 4.74 Å². The van der Waals surface area contributed by atoms with E-state index >= 15 is 0 Å². The Hall–Kier alpha value is -1.77. The van der Waals surface area contributed by atoms with Crippen LogP contribution in [0.5, 0.6) is 5.75 Å². The van der Waals surface area contributed by atoms with Crippen molar-refractivity contribution in [3.8, 4) is 5.75 Å². The predicted octanol–water partition coefficient (Wildman–Crippen LogP) is 2.16. The number of likely N-dealkylation sites (tertiary alicyclic amines) is 1. The summed E-state index contributed by atoms with van der Waals surface area (Å²) in [6.45, 7) is 6.05. The van der Waals surface area contributed by atoms with E-state index in [2.05, 4.69) is 18.7 Å². The number of carbonyl (C=O) groups excluding carboxylic acids is 1. The number of hydrogen-bond donors (Lipinski definition) is 0. The van der Waals surface area contributed by atoms with Crippen LogP contribution in [0.3, 0.4) is 0 Å². The SMILES string of the molecule is C=CC1CC(=O)N(Cc2ccc3c(c2)CCO3)C1. The number of rotatable bonds is 3. The van der Waals surface area contributed by atoms with Gasteiger partial charge in [-0.3, -0.25) is 4.79 Å². The van der Waals surface area contributed by atoms with E-state index in [1.54, 1.807) is 0 Å². The van der Waals surface area contributed by atoms with Crippen LogP contribution >= 0.6 is 0 Å². The number of fused-ring (bicyclic) bond motifs is 1. The topological polar surface area (TPSA) is 29.5 Å². The van der Waals surface area contributed by atoms with Gasteiger partial charge in [0, 0.05) is 31.8 Å². The van der Waals surface area contributed by atoms with Gasteiger partial charge in [0.1, 0.15) is 5.75 Å². The molecule has 1 aromatic rings. The molecule has 1 saturated heterocycles. The average Bonchev–Trinajstić information content (AvgIpc) is 2.96. The van der Waals surface area contributed by atoms with Crippen LogP contribution in [0.4, 0.5) is 0 Å². The minimum Gasteiger partial charge on any atom is -0.493 e. The van der Waals surface area contributed by atoms with Crippen molar-refractivity contribution in [1.29, 1.82) is 0 Å². The van der Waals surface area contributed by atoms with Gasteiger partial charge in [0.15, 0.2) is 0 Å². The summed E-state index contributed by atoms with van der Waals surface area (Å²) < 4.78 is 5.49. The Balaban J connectivity index is 1.73. The van der Waals surface area contributed by atoms with Crippen molar-refractivity contribution >= 4 is 5.91 Å². The Kier molecular flexibility index (Phi) is 2.82. The second-order valence-electron chi connectivity index (χ2n) is 5.01. The lowest BCUT2D eigenvalue weighted by atomic mass is 10.1. The zero-order chi connectivity index (χ0) is 12.5. The molecule has 2 heterocycles. The van der Waals surface area contributed by atoms with E-state index in [-0.39, 0.29) is 5.91 Å². The van der Waals surface area contributed by atoms with Gasteiger partial charge in [-0.2, -0.15) is 0 Å². The van der Waals surface area contributed by atoms with Crippen LogP contribution in [0.2, 0.25) is 0 Å². The van der Waals surface area contributed by atoms with Gasteiger partial charge in [0.2, 0.25) is 5.91 Å². The number of carbonyl (C=O) groups is 1. The fourth-order valence-electron chi connectivity index (χ4n) is 2.67. The van der Waals surface area contributed by atoms with E-state index in [0.717, 1.165) is 25.3 Å². The van der Waals surface area contributed by atoms with Gasteiger partial charge < -0.3 is 9.64 Å². The Labute approximate surface area is 107 Å². The van der Waals surface area contributed by atoms with Crippen LogP contribution in [0, 0.1) is 5.92 Å². The van der Waals surface area contributed by atoms with Crippen LogP contribution in [-0.2, 0) is 17.8 Å². The predicted molar refractivity (Wildman–Crippen MR) is 69.4 cm³/mol. The third kappa shape index (κ3) is 2.01. The van der Waals surface area contributed by atoms with Gasteiger partial charge in [-0.1, -0.05) is 18.2 Å². The Morgan fingerprint density at radius 1 is 1.50 bits per heavy atom. The van der Waals surface area contributed by atoms with E-state index in [1.807, 2.05) is 17.0 Å². The fraction of sp³-hybridized carbons (Fsp3) is 0.400. The van der Waals surface area contributed by atoms with Gasteiger partial charge >= 0.3 is 0 Å². The maximum atomic E-state index is 11.8. The maximum Gasteiger partial charge on any atom is 0.223 e. The smallest absolute Gasteiger partial charge is 0.223 e. The number of benzene rings is 1. The molecule has 0 aliphatic carbocycles. The van der Waals surface area contributed by atoms with E-state index in [4.69, 9.17) is 4.74 Å². The van der Waals surface area contributed by atoms with Crippen molar-refractivity contribution in [1.82, 2.24) is 4.90 Å². The molecular weight excluding hydrogens is 226 g/mol. The Morgan fingerprint density at radius 3 is 3.17 bits per heavy atom. The molecule has 0 N–H and O–H groups in total. The molecule has 2 aliphatic rings.